The van der Waals surface area contributed by atoms with Gasteiger partial charge in [-0.05, 0) is 80.3 Å². The van der Waals surface area contributed by atoms with E-state index in [1.807, 2.05) is 30.3 Å². The number of aryl methyl sites for hydroxylation is 2. The van der Waals surface area contributed by atoms with E-state index in [4.69, 9.17) is 9.88 Å². The number of aromatic amines is 1. The van der Waals surface area contributed by atoms with Crippen molar-refractivity contribution in [3.8, 4) is 17.1 Å². The summed E-state index contributed by atoms with van der Waals surface area (Å²) in [6.45, 7) is 6.33. The molecule has 2 atom stereocenters. The number of carbonyl (C=O) groups is 1. The Hall–Kier alpha value is -2.77. The lowest BCUT2D eigenvalue weighted by molar-refractivity contribution is 0.0818. The fourth-order valence-corrected chi connectivity index (χ4v) is 4.75. The first kappa shape index (κ1) is 23.4. The van der Waals surface area contributed by atoms with Crippen LogP contribution in [0.15, 0.2) is 53.4 Å². The Labute approximate surface area is 199 Å². The van der Waals surface area contributed by atoms with Crippen molar-refractivity contribution in [2.75, 3.05) is 0 Å². The normalized spacial score (nSPS) is 15.2. The average Bonchev–Trinajstić information content (AvgIpc) is 3.56. The zero-order valence-corrected chi connectivity index (χ0v) is 20.2. The summed E-state index contributed by atoms with van der Waals surface area (Å²) in [6, 6.07) is 15.5. The number of rotatable bonds is 10. The lowest BCUT2D eigenvalue weighted by atomic mass is 10.00. The molecule has 33 heavy (non-hydrogen) atoms. The van der Waals surface area contributed by atoms with Crippen LogP contribution in [0.5, 0.6) is 5.88 Å². The third-order valence-electron chi connectivity index (χ3n) is 6.19. The summed E-state index contributed by atoms with van der Waals surface area (Å²) in [5.74, 6) is 0.895. The highest BCUT2D eigenvalue weighted by Crippen LogP contribution is 2.38. The van der Waals surface area contributed by atoms with Gasteiger partial charge in [0.15, 0.2) is 0 Å². The molecule has 4 rings (SSSR count). The number of nitrogens with zero attached hydrogens (tertiary/aromatic N) is 1. The smallest absolute Gasteiger partial charge is 0.251 e. The Morgan fingerprint density at radius 2 is 1.94 bits per heavy atom. The van der Waals surface area contributed by atoms with Gasteiger partial charge in [-0.3, -0.25) is 15.0 Å². The summed E-state index contributed by atoms with van der Waals surface area (Å²) < 4.78 is 6.44. The summed E-state index contributed by atoms with van der Waals surface area (Å²) in [7, 11) is 0. The number of hydrogen-bond acceptors (Lipinski definition) is 5. The molecule has 1 aliphatic carbocycles. The highest BCUT2D eigenvalue weighted by molar-refractivity contribution is 7.97. The van der Waals surface area contributed by atoms with Crippen LogP contribution < -0.4 is 15.2 Å². The van der Waals surface area contributed by atoms with Crippen molar-refractivity contribution < 1.29 is 9.53 Å². The molecular weight excluding hydrogens is 432 g/mol. The summed E-state index contributed by atoms with van der Waals surface area (Å²) in [6.07, 6.45) is 3.88. The fourth-order valence-electron chi connectivity index (χ4n) is 4.39. The van der Waals surface area contributed by atoms with E-state index >= 15 is 0 Å². The van der Waals surface area contributed by atoms with E-state index in [-0.39, 0.29) is 18.1 Å². The number of nitrogens with two attached hydrogens (primary N) is 1. The highest BCUT2D eigenvalue weighted by atomic mass is 32.2. The van der Waals surface area contributed by atoms with Crippen molar-refractivity contribution >= 4 is 17.9 Å². The van der Waals surface area contributed by atoms with Crippen molar-refractivity contribution in [1.29, 1.82) is 0 Å². The quantitative estimate of drug-likeness (QED) is 0.349. The molecular formula is C26H32N4O2S. The van der Waals surface area contributed by atoms with Gasteiger partial charge < -0.3 is 10.1 Å². The topological polar surface area (TPSA) is 93.0 Å². The summed E-state index contributed by atoms with van der Waals surface area (Å²) in [5.41, 5.74) is 5.09. The van der Waals surface area contributed by atoms with Crippen molar-refractivity contribution in [2.45, 2.75) is 63.5 Å². The SMILES string of the molecule is CCC[C@@H](NC(=O)c1cccc(SN)c1)C(Oc1cc(-c2c(C)cccc2C)[nH]n1)C1CC1. The molecule has 1 heterocycles. The molecule has 2 aromatic carbocycles. The Morgan fingerprint density at radius 1 is 1.21 bits per heavy atom. The number of hydrogen-bond donors (Lipinski definition) is 3. The van der Waals surface area contributed by atoms with Gasteiger partial charge in [-0.25, -0.2) is 0 Å². The van der Waals surface area contributed by atoms with E-state index in [0.717, 1.165) is 53.8 Å². The van der Waals surface area contributed by atoms with Crippen LogP contribution in [-0.2, 0) is 0 Å². The largest absolute Gasteiger partial charge is 0.471 e. The summed E-state index contributed by atoms with van der Waals surface area (Å²) >= 11 is 1.14. The molecule has 1 aromatic heterocycles. The van der Waals surface area contributed by atoms with Crippen LogP contribution in [0.25, 0.3) is 11.3 Å². The van der Waals surface area contributed by atoms with Crippen LogP contribution in [0.3, 0.4) is 0 Å². The molecule has 0 aliphatic heterocycles. The molecule has 0 spiro atoms. The monoisotopic (exact) mass is 464 g/mol. The first-order chi connectivity index (χ1) is 16.0. The maximum atomic E-state index is 13.0. The first-order valence-electron chi connectivity index (χ1n) is 11.6. The zero-order chi connectivity index (χ0) is 23.4. The second-order valence-corrected chi connectivity index (χ2v) is 9.53. The lowest BCUT2D eigenvalue weighted by Gasteiger charge is -2.28. The molecule has 174 valence electrons. The van der Waals surface area contributed by atoms with Gasteiger partial charge in [0.25, 0.3) is 5.91 Å². The minimum Gasteiger partial charge on any atom is -0.471 e. The predicted octanol–water partition coefficient (Wildman–Crippen LogP) is 5.42. The number of amides is 1. The zero-order valence-electron chi connectivity index (χ0n) is 19.4. The molecule has 0 saturated heterocycles. The van der Waals surface area contributed by atoms with Gasteiger partial charge in [-0.2, -0.15) is 0 Å². The molecule has 1 aliphatic rings. The second-order valence-electron chi connectivity index (χ2n) is 8.82. The third-order valence-corrected chi connectivity index (χ3v) is 6.72. The van der Waals surface area contributed by atoms with Crippen molar-refractivity contribution in [2.24, 2.45) is 11.1 Å². The van der Waals surface area contributed by atoms with Crippen LogP contribution in [0, 0.1) is 19.8 Å². The van der Waals surface area contributed by atoms with Gasteiger partial charge in [0.2, 0.25) is 5.88 Å². The van der Waals surface area contributed by atoms with Gasteiger partial charge in [0.1, 0.15) is 6.10 Å². The Morgan fingerprint density at radius 3 is 2.61 bits per heavy atom. The minimum absolute atomic E-state index is 0.0930. The molecule has 4 N–H and O–H groups in total. The van der Waals surface area contributed by atoms with Gasteiger partial charge in [-0.1, -0.05) is 37.6 Å². The molecule has 6 nitrogen and oxygen atoms in total. The minimum atomic E-state index is -0.116. The van der Waals surface area contributed by atoms with E-state index in [0.29, 0.717) is 17.4 Å². The summed E-state index contributed by atoms with van der Waals surface area (Å²) in [5, 5.41) is 16.5. The number of ether oxygens (including phenoxy) is 1. The predicted molar refractivity (Wildman–Crippen MR) is 133 cm³/mol. The number of benzene rings is 2. The molecule has 1 fully saturated rings. The Balaban J connectivity index is 1.53. The van der Waals surface area contributed by atoms with Crippen molar-refractivity contribution in [1.82, 2.24) is 15.5 Å². The van der Waals surface area contributed by atoms with Crippen molar-refractivity contribution in [3.63, 3.8) is 0 Å². The standard InChI is InChI=1S/C26H32N4O2S/c1-4-7-21(28-26(31)19-10-6-11-20(14-19)33-27)25(18-12-13-18)32-23-15-22(29-30-23)24-16(2)8-5-9-17(24)3/h5-6,8-11,14-15,18,21,25H,4,7,12-13,27H2,1-3H3,(H,28,31)(H,29,30)/t21-,25?/m1/s1. The highest BCUT2D eigenvalue weighted by Gasteiger charge is 2.39. The van der Waals surface area contributed by atoms with E-state index < -0.39 is 0 Å². The van der Waals surface area contributed by atoms with Gasteiger partial charge in [-0.15, -0.1) is 5.10 Å². The van der Waals surface area contributed by atoms with Crippen molar-refractivity contribution in [3.05, 3.63) is 65.2 Å². The molecule has 1 amide bonds. The van der Waals surface area contributed by atoms with Crippen LogP contribution in [-0.4, -0.2) is 28.3 Å². The van der Waals surface area contributed by atoms with E-state index in [1.165, 1.54) is 11.1 Å². The van der Waals surface area contributed by atoms with Crippen LogP contribution in [0.2, 0.25) is 0 Å². The molecule has 1 saturated carbocycles. The number of carbonyl (C=O) groups excluding carboxylic acids is 1. The van der Waals surface area contributed by atoms with Gasteiger partial charge in [0, 0.05) is 22.1 Å². The maximum absolute atomic E-state index is 13.0. The van der Waals surface area contributed by atoms with Gasteiger partial charge in [0.05, 0.1) is 11.7 Å². The average molecular weight is 465 g/mol. The lowest BCUT2D eigenvalue weighted by Crippen LogP contribution is -2.47. The molecule has 1 unspecified atom stereocenters. The summed E-state index contributed by atoms with van der Waals surface area (Å²) in [4.78, 5) is 13.9. The molecule has 0 radical (unpaired) electrons. The molecule has 0 bridgehead atoms. The van der Waals surface area contributed by atoms with Crippen LogP contribution >= 0.6 is 11.9 Å². The van der Waals surface area contributed by atoms with E-state index in [1.54, 1.807) is 0 Å². The van der Waals surface area contributed by atoms with Gasteiger partial charge >= 0.3 is 0 Å². The maximum Gasteiger partial charge on any atom is 0.251 e. The van der Waals surface area contributed by atoms with Crippen LogP contribution in [0.1, 0.15) is 54.1 Å². The fraction of sp³-hybridized carbons (Fsp3) is 0.385. The first-order valence-corrected chi connectivity index (χ1v) is 12.4. The number of nitrogens with one attached hydrogen (secondary N) is 2. The molecule has 3 aromatic rings. The van der Waals surface area contributed by atoms with E-state index in [9.17, 15) is 4.79 Å². The molecule has 7 heteroatoms. The second kappa shape index (κ2) is 10.4. The number of aromatic nitrogens is 2. The number of H-pyrrole nitrogens is 1. The Bertz CT molecular complexity index is 1090. The Kier molecular flexibility index (Phi) is 7.40. The van der Waals surface area contributed by atoms with E-state index in [2.05, 4.69) is 54.5 Å². The third kappa shape index (κ3) is 5.60. The van der Waals surface area contributed by atoms with Crippen LogP contribution in [0.4, 0.5) is 0 Å².